The fraction of sp³-hybridized carbons (Fsp3) is 0.207. The number of ether oxygens (including phenoxy) is 1. The highest BCUT2D eigenvalue weighted by Crippen LogP contribution is 2.80. The zero-order valence-corrected chi connectivity index (χ0v) is 18.6. The molecule has 0 N–H and O–H groups in total. The maximum atomic E-state index is 14.0. The molecule has 0 aromatic heterocycles. The van der Waals surface area contributed by atoms with E-state index in [1.54, 1.807) is 30.3 Å². The van der Waals surface area contributed by atoms with E-state index in [0.717, 1.165) is 16.7 Å². The molecule has 164 valence electrons. The Labute approximate surface area is 192 Å². The van der Waals surface area contributed by atoms with Crippen molar-refractivity contribution in [1.29, 1.82) is 0 Å². The van der Waals surface area contributed by atoms with Crippen LogP contribution in [-0.2, 0) is 9.59 Å². The van der Waals surface area contributed by atoms with Crippen LogP contribution in [0.5, 0.6) is 5.75 Å². The summed E-state index contributed by atoms with van der Waals surface area (Å²) in [5.74, 6) is -1.36. The molecule has 1 aliphatic heterocycles. The van der Waals surface area contributed by atoms with Gasteiger partial charge >= 0.3 is 5.97 Å². The Morgan fingerprint density at radius 1 is 0.939 bits per heavy atom. The number of carbonyl (C=O) groups excluding carboxylic acids is 3. The van der Waals surface area contributed by atoms with Gasteiger partial charge in [0.15, 0.2) is 17.0 Å². The second-order valence-electron chi connectivity index (χ2n) is 8.80. The largest absolute Gasteiger partial charge is 0.425 e. The molecule has 1 unspecified atom stereocenters. The van der Waals surface area contributed by atoms with Gasteiger partial charge in [0.1, 0.15) is 5.75 Å². The van der Waals surface area contributed by atoms with Gasteiger partial charge in [0.2, 0.25) is 0 Å². The third-order valence-electron chi connectivity index (χ3n) is 7.19. The standard InChI is InChI=1S/C29H24O4/c1-3-28(26(31)21-16-13-19(2)14-17-21)25-22-11-7-8-12-23(22)33-27(32)29(25,28)24(30)18-15-20-9-5-4-6-10-20/h4-18,25H,3H2,1-2H3/b18-15+/t25-,28?,29+/m0/s1. The Balaban J connectivity index is 1.66. The predicted octanol–water partition coefficient (Wildman–Crippen LogP) is 5.56. The lowest BCUT2D eigenvalue weighted by Gasteiger charge is -2.22. The molecule has 0 bridgehead atoms. The Kier molecular flexibility index (Phi) is 4.89. The first-order valence-electron chi connectivity index (χ1n) is 11.2. The molecule has 5 rings (SSSR count). The molecule has 3 aromatic rings. The summed E-state index contributed by atoms with van der Waals surface area (Å²) in [6, 6.07) is 23.9. The lowest BCUT2D eigenvalue weighted by atomic mass is 9.80. The van der Waals surface area contributed by atoms with Crippen LogP contribution in [0.4, 0.5) is 0 Å². The monoisotopic (exact) mass is 436 g/mol. The fourth-order valence-electron chi connectivity index (χ4n) is 5.57. The van der Waals surface area contributed by atoms with Crippen molar-refractivity contribution in [2.75, 3.05) is 0 Å². The first-order chi connectivity index (χ1) is 16.0. The molecule has 0 spiro atoms. The molecule has 0 amide bonds. The third-order valence-corrected chi connectivity index (χ3v) is 7.19. The normalized spacial score (nSPS) is 25.2. The lowest BCUT2D eigenvalue weighted by Crippen LogP contribution is -2.39. The molecule has 4 nitrogen and oxygen atoms in total. The van der Waals surface area contributed by atoms with Gasteiger partial charge in [0, 0.05) is 17.0 Å². The second-order valence-corrected chi connectivity index (χ2v) is 8.80. The predicted molar refractivity (Wildman–Crippen MR) is 126 cm³/mol. The molecular weight excluding hydrogens is 412 g/mol. The Hall–Kier alpha value is -3.79. The number of esters is 1. The molecule has 1 fully saturated rings. The van der Waals surface area contributed by atoms with E-state index in [1.165, 1.54) is 6.08 Å². The topological polar surface area (TPSA) is 60.4 Å². The highest BCUT2D eigenvalue weighted by molar-refractivity contribution is 6.24. The van der Waals surface area contributed by atoms with Crippen LogP contribution in [0.15, 0.2) is 84.9 Å². The number of allylic oxidation sites excluding steroid dienone is 1. The van der Waals surface area contributed by atoms with E-state index in [4.69, 9.17) is 4.74 Å². The third kappa shape index (κ3) is 2.87. The zero-order valence-electron chi connectivity index (χ0n) is 18.6. The first kappa shape index (κ1) is 21.1. The van der Waals surface area contributed by atoms with E-state index in [2.05, 4.69) is 0 Å². The number of hydrogen-bond acceptors (Lipinski definition) is 4. The molecule has 1 aliphatic carbocycles. The maximum Gasteiger partial charge on any atom is 0.327 e. The Morgan fingerprint density at radius 2 is 1.61 bits per heavy atom. The van der Waals surface area contributed by atoms with Gasteiger partial charge < -0.3 is 4.74 Å². The number of carbonyl (C=O) groups is 3. The Bertz CT molecular complexity index is 1290. The number of aryl methyl sites for hydroxylation is 1. The van der Waals surface area contributed by atoms with Crippen molar-refractivity contribution in [3.05, 3.63) is 107 Å². The average Bonchev–Trinajstić information content (AvgIpc) is 3.50. The lowest BCUT2D eigenvalue weighted by molar-refractivity contribution is -0.147. The molecule has 1 saturated carbocycles. The summed E-state index contributed by atoms with van der Waals surface area (Å²) in [5, 5.41) is 0. The number of ketones is 2. The summed E-state index contributed by atoms with van der Waals surface area (Å²) < 4.78 is 5.68. The summed E-state index contributed by atoms with van der Waals surface area (Å²) in [6.07, 6.45) is 3.47. The van der Waals surface area contributed by atoms with Crippen LogP contribution < -0.4 is 4.74 Å². The first-order valence-corrected chi connectivity index (χ1v) is 11.2. The molecule has 1 heterocycles. The molecular formula is C29H24O4. The SMILES string of the molecule is CCC1(C(=O)c2ccc(C)cc2)[C@@H]2c3ccccc3OC(=O)[C@@]21C(=O)/C=C/c1ccccc1. The van der Waals surface area contributed by atoms with E-state index < -0.39 is 28.5 Å². The van der Waals surface area contributed by atoms with Gasteiger partial charge in [-0.05, 0) is 31.1 Å². The van der Waals surface area contributed by atoms with Crippen LogP contribution in [0, 0.1) is 17.8 Å². The van der Waals surface area contributed by atoms with E-state index in [0.29, 0.717) is 17.7 Å². The number of rotatable bonds is 6. The summed E-state index contributed by atoms with van der Waals surface area (Å²) in [4.78, 5) is 41.3. The van der Waals surface area contributed by atoms with Gasteiger partial charge in [-0.2, -0.15) is 0 Å². The van der Waals surface area contributed by atoms with Crippen molar-refractivity contribution in [3.8, 4) is 5.75 Å². The van der Waals surface area contributed by atoms with Crippen molar-refractivity contribution in [2.24, 2.45) is 10.8 Å². The molecule has 0 radical (unpaired) electrons. The minimum Gasteiger partial charge on any atom is -0.425 e. The van der Waals surface area contributed by atoms with Crippen LogP contribution in [-0.4, -0.2) is 17.5 Å². The summed E-state index contributed by atoms with van der Waals surface area (Å²) in [5.41, 5.74) is 0.359. The summed E-state index contributed by atoms with van der Waals surface area (Å²) >= 11 is 0. The van der Waals surface area contributed by atoms with Gasteiger partial charge in [-0.1, -0.05) is 91.4 Å². The number of Topliss-reactive ketones (excluding diaryl/α,β-unsaturated/α-hetero) is 1. The van der Waals surface area contributed by atoms with Crippen molar-refractivity contribution >= 4 is 23.6 Å². The van der Waals surface area contributed by atoms with Crippen molar-refractivity contribution in [2.45, 2.75) is 26.2 Å². The zero-order chi connectivity index (χ0) is 23.2. The molecule has 0 saturated heterocycles. The number of fused-ring (bicyclic) bond motifs is 3. The highest BCUT2D eigenvalue weighted by Gasteiger charge is 2.88. The van der Waals surface area contributed by atoms with Gasteiger partial charge in [0.05, 0.1) is 5.41 Å². The molecule has 3 aromatic carbocycles. The highest BCUT2D eigenvalue weighted by atomic mass is 16.5. The number of para-hydroxylation sites is 1. The minimum absolute atomic E-state index is 0.190. The quantitative estimate of drug-likeness (QED) is 0.167. The van der Waals surface area contributed by atoms with Crippen LogP contribution in [0.25, 0.3) is 6.08 Å². The van der Waals surface area contributed by atoms with Gasteiger partial charge in [-0.3, -0.25) is 14.4 Å². The van der Waals surface area contributed by atoms with Gasteiger partial charge in [-0.25, -0.2) is 0 Å². The fourth-order valence-corrected chi connectivity index (χ4v) is 5.57. The Morgan fingerprint density at radius 3 is 2.30 bits per heavy atom. The van der Waals surface area contributed by atoms with E-state index >= 15 is 0 Å². The number of hydrogen-bond donors (Lipinski definition) is 0. The number of benzene rings is 3. The molecule has 2 aliphatic rings. The average molecular weight is 437 g/mol. The molecule has 3 atom stereocenters. The summed E-state index contributed by atoms with van der Waals surface area (Å²) in [7, 11) is 0. The van der Waals surface area contributed by atoms with Crippen molar-refractivity contribution < 1.29 is 19.1 Å². The molecule has 4 heteroatoms. The second kappa shape index (κ2) is 7.66. The van der Waals surface area contributed by atoms with Crippen LogP contribution in [0.3, 0.4) is 0 Å². The van der Waals surface area contributed by atoms with Gasteiger partial charge in [-0.15, -0.1) is 0 Å². The maximum absolute atomic E-state index is 14.0. The summed E-state index contributed by atoms with van der Waals surface area (Å²) in [6.45, 7) is 3.82. The van der Waals surface area contributed by atoms with Crippen LogP contribution in [0.1, 0.15) is 46.3 Å². The van der Waals surface area contributed by atoms with E-state index in [9.17, 15) is 14.4 Å². The minimum atomic E-state index is -1.57. The smallest absolute Gasteiger partial charge is 0.327 e. The van der Waals surface area contributed by atoms with E-state index in [-0.39, 0.29) is 5.78 Å². The van der Waals surface area contributed by atoms with Crippen LogP contribution >= 0.6 is 0 Å². The van der Waals surface area contributed by atoms with Crippen LogP contribution in [0.2, 0.25) is 0 Å². The van der Waals surface area contributed by atoms with Crippen molar-refractivity contribution in [1.82, 2.24) is 0 Å². The van der Waals surface area contributed by atoms with Crippen molar-refractivity contribution in [3.63, 3.8) is 0 Å². The molecule has 33 heavy (non-hydrogen) atoms. The van der Waals surface area contributed by atoms with Gasteiger partial charge in [0.25, 0.3) is 0 Å². The van der Waals surface area contributed by atoms with E-state index in [1.807, 2.05) is 68.4 Å².